The number of aliphatic hydroxyl groups is 3. The van der Waals surface area contributed by atoms with Gasteiger partial charge in [-0.1, -0.05) is 52.2 Å². The molecule has 0 saturated heterocycles. The third-order valence-electron chi connectivity index (χ3n) is 10.1. The summed E-state index contributed by atoms with van der Waals surface area (Å²) in [5, 5.41) is 34.1. The molecule has 0 aromatic rings. The van der Waals surface area contributed by atoms with E-state index in [0.29, 0.717) is 11.5 Å². The minimum atomic E-state index is -2.04. The Morgan fingerprint density at radius 1 is 1.21 bits per heavy atom. The first-order chi connectivity index (χ1) is 15.5. The van der Waals surface area contributed by atoms with Gasteiger partial charge in [0.15, 0.2) is 17.5 Å². The third kappa shape index (κ3) is 2.90. The molecule has 5 aliphatic rings. The Morgan fingerprint density at radius 3 is 2.52 bits per heavy atom. The first kappa shape index (κ1) is 23.3. The highest BCUT2D eigenvalue weighted by Crippen LogP contribution is 2.71. The van der Waals surface area contributed by atoms with Gasteiger partial charge in [-0.15, -0.1) is 0 Å². The standard InChI is InChI=1S/C27H38O6/c1-14-12-26-15(2)10-19-20(25(19,3)4)18(22(26)30)11-17(13-28)21(29)27(26,32)23(14)33-24(31)16-8-6-5-7-9-16/h11-12,15-16,18-21,23,28-29,32H,5-10,13H2,1-4H3/t15-,18+,19-,20+,21-,23+,26-,27+/m1/s1. The lowest BCUT2D eigenvalue weighted by Gasteiger charge is -2.49. The summed E-state index contributed by atoms with van der Waals surface area (Å²) in [6.07, 6.45) is 6.21. The van der Waals surface area contributed by atoms with E-state index in [1.54, 1.807) is 19.1 Å². The number of fused-ring (bicyclic) bond motifs is 3. The van der Waals surface area contributed by atoms with Crippen molar-refractivity contribution in [2.24, 2.45) is 40.4 Å². The summed E-state index contributed by atoms with van der Waals surface area (Å²) in [7, 11) is 0. The Kier molecular flexibility index (Phi) is 5.28. The van der Waals surface area contributed by atoms with Crippen LogP contribution in [0, 0.1) is 40.4 Å². The van der Waals surface area contributed by atoms with Crippen LogP contribution in [0.3, 0.4) is 0 Å². The minimum absolute atomic E-state index is 0.00904. The van der Waals surface area contributed by atoms with Gasteiger partial charge in [0.05, 0.1) is 17.9 Å². The maximum atomic E-state index is 14.3. The third-order valence-corrected chi connectivity index (χ3v) is 10.1. The van der Waals surface area contributed by atoms with E-state index in [4.69, 9.17) is 4.74 Å². The summed E-state index contributed by atoms with van der Waals surface area (Å²) >= 11 is 0. The molecular formula is C27H38O6. The van der Waals surface area contributed by atoms with Crippen LogP contribution in [0.1, 0.15) is 66.2 Å². The number of ketones is 1. The van der Waals surface area contributed by atoms with Crippen molar-refractivity contribution in [3.63, 3.8) is 0 Å². The SMILES string of the molecule is CC1=C[C@@]23C(=O)[C@@H](C=C(CO)[C@@H](O)[C@]2(O)[C@H]1OC(=O)C1CCCCC1)[C@H]1[C@@H](C[C@H]3C)C1(C)C. The lowest BCUT2D eigenvalue weighted by atomic mass is 9.59. The highest BCUT2D eigenvalue weighted by atomic mass is 16.6. The zero-order chi connectivity index (χ0) is 23.9. The molecule has 182 valence electrons. The lowest BCUT2D eigenvalue weighted by molar-refractivity contribution is -0.205. The second-order valence-electron chi connectivity index (χ2n) is 12.0. The Labute approximate surface area is 196 Å². The van der Waals surface area contributed by atoms with Gasteiger partial charge < -0.3 is 20.1 Å². The summed E-state index contributed by atoms with van der Waals surface area (Å²) in [5.74, 6) is -0.992. The van der Waals surface area contributed by atoms with Crippen LogP contribution < -0.4 is 0 Å². The van der Waals surface area contributed by atoms with Gasteiger partial charge in [0.2, 0.25) is 0 Å². The number of ether oxygens (including phenoxy) is 1. The molecule has 0 aromatic heterocycles. The molecule has 8 atom stereocenters. The molecule has 0 unspecified atom stereocenters. The number of allylic oxidation sites excluding steroid dienone is 1. The minimum Gasteiger partial charge on any atom is -0.454 e. The van der Waals surface area contributed by atoms with Crippen LogP contribution in [-0.2, 0) is 14.3 Å². The largest absolute Gasteiger partial charge is 0.454 e. The first-order valence-corrected chi connectivity index (χ1v) is 12.7. The summed E-state index contributed by atoms with van der Waals surface area (Å²) in [6.45, 7) is 7.63. The second-order valence-corrected chi connectivity index (χ2v) is 12.0. The van der Waals surface area contributed by atoms with Crippen molar-refractivity contribution in [2.75, 3.05) is 6.61 Å². The summed E-state index contributed by atoms with van der Waals surface area (Å²) < 4.78 is 5.98. The molecule has 0 radical (unpaired) electrons. The number of rotatable bonds is 3. The van der Waals surface area contributed by atoms with E-state index >= 15 is 0 Å². The van der Waals surface area contributed by atoms with E-state index in [1.807, 2.05) is 6.92 Å². The monoisotopic (exact) mass is 458 g/mol. The summed E-state index contributed by atoms with van der Waals surface area (Å²) in [4.78, 5) is 27.4. The number of esters is 1. The van der Waals surface area contributed by atoms with Gasteiger partial charge in [-0.25, -0.2) is 0 Å². The van der Waals surface area contributed by atoms with Gasteiger partial charge >= 0.3 is 5.97 Å². The molecule has 0 heterocycles. The maximum Gasteiger partial charge on any atom is 0.309 e. The van der Waals surface area contributed by atoms with Crippen molar-refractivity contribution in [1.82, 2.24) is 0 Å². The van der Waals surface area contributed by atoms with E-state index < -0.39 is 35.7 Å². The fourth-order valence-corrected chi connectivity index (χ4v) is 8.14. The van der Waals surface area contributed by atoms with Crippen molar-refractivity contribution in [3.05, 3.63) is 23.3 Å². The molecule has 0 amide bonds. The van der Waals surface area contributed by atoms with Crippen molar-refractivity contribution in [2.45, 2.75) is 84.0 Å². The van der Waals surface area contributed by atoms with Crippen molar-refractivity contribution >= 4 is 11.8 Å². The predicted molar refractivity (Wildman–Crippen MR) is 122 cm³/mol. The van der Waals surface area contributed by atoms with Gasteiger partial charge in [-0.3, -0.25) is 9.59 Å². The molecule has 3 saturated carbocycles. The zero-order valence-corrected chi connectivity index (χ0v) is 20.2. The quantitative estimate of drug-likeness (QED) is 0.444. The van der Waals surface area contributed by atoms with Gasteiger partial charge in [0.25, 0.3) is 0 Å². The van der Waals surface area contributed by atoms with Crippen LogP contribution in [0.15, 0.2) is 23.3 Å². The van der Waals surface area contributed by atoms with E-state index in [2.05, 4.69) is 13.8 Å². The fourth-order valence-electron chi connectivity index (χ4n) is 8.14. The average Bonchev–Trinajstić information content (AvgIpc) is 3.28. The Hall–Kier alpha value is -1.50. The highest BCUT2D eigenvalue weighted by Gasteiger charge is 2.76. The van der Waals surface area contributed by atoms with Crippen molar-refractivity contribution in [1.29, 1.82) is 0 Å². The molecule has 1 spiro atoms. The van der Waals surface area contributed by atoms with Crippen LogP contribution in [0.2, 0.25) is 0 Å². The van der Waals surface area contributed by atoms with Crippen molar-refractivity contribution < 1.29 is 29.6 Å². The second kappa shape index (κ2) is 7.50. The number of carbonyl (C=O) groups excluding carboxylic acids is 2. The molecule has 33 heavy (non-hydrogen) atoms. The predicted octanol–water partition coefficient (Wildman–Crippen LogP) is 2.95. The molecule has 3 N–H and O–H groups in total. The molecule has 5 rings (SSSR count). The van der Waals surface area contributed by atoms with Gasteiger partial charge in [0.1, 0.15) is 6.10 Å². The molecule has 2 bridgehead atoms. The van der Waals surface area contributed by atoms with E-state index in [9.17, 15) is 24.9 Å². The molecule has 6 heteroatoms. The normalized spacial score (nSPS) is 46.3. The van der Waals surface area contributed by atoms with Gasteiger partial charge in [-0.05, 0) is 60.5 Å². The summed E-state index contributed by atoms with van der Waals surface area (Å²) in [5.41, 5.74) is -2.56. The Morgan fingerprint density at radius 2 is 1.88 bits per heavy atom. The molecule has 5 aliphatic carbocycles. The molecular weight excluding hydrogens is 420 g/mol. The number of hydrogen-bond donors (Lipinski definition) is 3. The molecule has 0 aromatic carbocycles. The van der Waals surface area contributed by atoms with E-state index in [-0.39, 0.29) is 40.5 Å². The number of hydrogen-bond acceptors (Lipinski definition) is 6. The number of aliphatic hydroxyl groups excluding tert-OH is 2. The zero-order valence-electron chi connectivity index (χ0n) is 20.2. The number of Topliss-reactive ketones (excluding diaryl/α,β-unsaturated/α-hetero) is 1. The Bertz CT molecular complexity index is 927. The smallest absolute Gasteiger partial charge is 0.309 e. The summed E-state index contributed by atoms with van der Waals surface area (Å²) in [6, 6.07) is 0. The topological polar surface area (TPSA) is 104 Å². The van der Waals surface area contributed by atoms with Gasteiger partial charge in [0, 0.05) is 5.92 Å². The van der Waals surface area contributed by atoms with Gasteiger partial charge in [-0.2, -0.15) is 0 Å². The molecule has 0 aliphatic heterocycles. The number of carbonyl (C=O) groups is 2. The van der Waals surface area contributed by atoms with E-state index in [1.165, 1.54) is 0 Å². The van der Waals surface area contributed by atoms with Crippen LogP contribution in [0.4, 0.5) is 0 Å². The van der Waals surface area contributed by atoms with Crippen LogP contribution in [0.5, 0.6) is 0 Å². The molecule has 3 fully saturated rings. The highest BCUT2D eigenvalue weighted by molar-refractivity contribution is 5.95. The Balaban J connectivity index is 1.60. The molecule has 6 nitrogen and oxygen atoms in total. The average molecular weight is 459 g/mol. The first-order valence-electron chi connectivity index (χ1n) is 12.7. The van der Waals surface area contributed by atoms with Crippen LogP contribution in [-0.4, -0.2) is 51.5 Å². The van der Waals surface area contributed by atoms with Crippen LogP contribution in [0.25, 0.3) is 0 Å². The van der Waals surface area contributed by atoms with Crippen LogP contribution >= 0.6 is 0 Å². The van der Waals surface area contributed by atoms with E-state index in [0.717, 1.165) is 38.5 Å². The lowest BCUT2D eigenvalue weighted by Crippen LogP contribution is -2.66. The fraction of sp³-hybridized carbons (Fsp3) is 0.778. The maximum absolute atomic E-state index is 14.3. The van der Waals surface area contributed by atoms with Crippen molar-refractivity contribution in [3.8, 4) is 0 Å².